The summed E-state index contributed by atoms with van der Waals surface area (Å²) in [4.78, 5) is 0. The molecule has 0 aliphatic heterocycles. The van der Waals surface area contributed by atoms with E-state index in [-0.39, 0.29) is 10.8 Å². The van der Waals surface area contributed by atoms with Crippen molar-refractivity contribution < 1.29 is 4.74 Å². The fourth-order valence-corrected chi connectivity index (χ4v) is 5.34. The Kier molecular flexibility index (Phi) is 18.5. The molecule has 0 aliphatic carbocycles. The number of ether oxygens (including phenoxy) is 1. The third-order valence-electron chi connectivity index (χ3n) is 7.67. The number of thiocarbonyl (C=S) groups is 1. The number of unbranched alkanes of at least 4 members (excludes halogenated alkanes) is 15. The van der Waals surface area contributed by atoms with Crippen molar-refractivity contribution in [3.63, 3.8) is 0 Å². The number of methoxy groups -OCH3 is 1. The second-order valence-electron chi connectivity index (χ2n) is 13.6. The van der Waals surface area contributed by atoms with Crippen LogP contribution in [0.25, 0.3) is 0 Å². The zero-order valence-electron chi connectivity index (χ0n) is 27.5. The van der Waals surface area contributed by atoms with Crippen molar-refractivity contribution in [3.05, 3.63) is 28.8 Å². The first-order valence-electron chi connectivity index (χ1n) is 16.3. The van der Waals surface area contributed by atoms with Crippen molar-refractivity contribution in [3.8, 4) is 5.75 Å². The van der Waals surface area contributed by atoms with Gasteiger partial charge in [-0.05, 0) is 46.7 Å². The molecule has 0 atom stereocenters. The van der Waals surface area contributed by atoms with Crippen molar-refractivity contribution >= 4 is 23.5 Å². The first kappa shape index (κ1) is 36.4. The number of benzene rings is 1. The van der Waals surface area contributed by atoms with E-state index in [2.05, 4.69) is 76.4 Å². The molecule has 0 amide bonds. The third kappa shape index (κ3) is 16.0. The summed E-state index contributed by atoms with van der Waals surface area (Å²) in [5.41, 5.74) is 6.48. The topological polar surface area (TPSA) is 45.7 Å². The summed E-state index contributed by atoms with van der Waals surface area (Å²) < 4.78 is 5.73. The number of hydrazone groups is 1. The van der Waals surface area contributed by atoms with Gasteiger partial charge in [-0.15, -0.1) is 0 Å². The molecule has 5 heteroatoms. The van der Waals surface area contributed by atoms with Crippen LogP contribution in [0.5, 0.6) is 5.75 Å². The van der Waals surface area contributed by atoms with Gasteiger partial charge in [-0.25, -0.2) is 0 Å². The van der Waals surface area contributed by atoms with Crippen LogP contribution < -0.4 is 15.5 Å². The largest absolute Gasteiger partial charge is 0.496 e. The van der Waals surface area contributed by atoms with E-state index in [1.54, 1.807) is 7.11 Å². The first-order valence-corrected chi connectivity index (χ1v) is 16.7. The molecular formula is C35H63N3OS. The van der Waals surface area contributed by atoms with E-state index >= 15 is 0 Å². The minimum absolute atomic E-state index is 0.00255. The fourth-order valence-electron chi connectivity index (χ4n) is 5.18. The molecule has 0 saturated carbocycles. The molecule has 0 unspecified atom stereocenters. The summed E-state index contributed by atoms with van der Waals surface area (Å²) in [6.07, 6.45) is 24.0. The van der Waals surface area contributed by atoms with Gasteiger partial charge in [-0.2, -0.15) is 5.10 Å². The molecule has 0 spiro atoms. The zero-order chi connectivity index (χ0) is 29.9. The van der Waals surface area contributed by atoms with Crippen LogP contribution in [0, 0.1) is 0 Å². The highest BCUT2D eigenvalue weighted by molar-refractivity contribution is 7.80. The molecular weight excluding hydrogens is 510 g/mol. The van der Waals surface area contributed by atoms with Gasteiger partial charge < -0.3 is 10.1 Å². The maximum absolute atomic E-state index is 5.73. The maximum Gasteiger partial charge on any atom is 0.186 e. The minimum Gasteiger partial charge on any atom is -0.496 e. The molecule has 40 heavy (non-hydrogen) atoms. The van der Waals surface area contributed by atoms with Crippen LogP contribution in [-0.4, -0.2) is 25.0 Å². The highest BCUT2D eigenvalue weighted by atomic mass is 32.1. The van der Waals surface area contributed by atoms with Crippen LogP contribution in [0.2, 0.25) is 0 Å². The van der Waals surface area contributed by atoms with Gasteiger partial charge >= 0.3 is 0 Å². The quantitative estimate of drug-likeness (QED) is 0.0705. The van der Waals surface area contributed by atoms with Crippen LogP contribution in [0.15, 0.2) is 17.2 Å². The van der Waals surface area contributed by atoms with E-state index in [0.29, 0.717) is 5.11 Å². The van der Waals surface area contributed by atoms with E-state index in [9.17, 15) is 0 Å². The van der Waals surface area contributed by atoms with Gasteiger partial charge in [-0.1, -0.05) is 151 Å². The lowest BCUT2D eigenvalue weighted by Gasteiger charge is -2.28. The van der Waals surface area contributed by atoms with Crippen molar-refractivity contribution in [2.24, 2.45) is 5.10 Å². The minimum atomic E-state index is -0.0143. The molecule has 0 aliphatic rings. The summed E-state index contributed by atoms with van der Waals surface area (Å²) in [6.45, 7) is 16.5. The van der Waals surface area contributed by atoms with Crippen molar-refractivity contribution in [2.75, 3.05) is 13.7 Å². The summed E-state index contributed by atoms with van der Waals surface area (Å²) in [5, 5.41) is 8.32. The summed E-state index contributed by atoms with van der Waals surface area (Å²) in [6, 6.07) is 4.37. The Morgan fingerprint density at radius 1 is 0.725 bits per heavy atom. The summed E-state index contributed by atoms with van der Waals surface area (Å²) in [5.74, 6) is 0.895. The predicted octanol–water partition coefficient (Wildman–Crippen LogP) is 10.3. The molecule has 0 aromatic heterocycles. The molecule has 0 fully saturated rings. The highest BCUT2D eigenvalue weighted by Crippen LogP contribution is 2.37. The van der Waals surface area contributed by atoms with Gasteiger partial charge in [-0.3, -0.25) is 5.43 Å². The lowest BCUT2D eigenvalue weighted by Crippen LogP contribution is -2.32. The van der Waals surface area contributed by atoms with Crippen LogP contribution in [-0.2, 0) is 10.8 Å². The van der Waals surface area contributed by atoms with E-state index in [1.807, 2.05) is 6.21 Å². The van der Waals surface area contributed by atoms with Crippen molar-refractivity contribution in [2.45, 2.75) is 162 Å². The smallest absolute Gasteiger partial charge is 0.186 e. The molecule has 4 nitrogen and oxygen atoms in total. The van der Waals surface area contributed by atoms with Crippen LogP contribution in [0.1, 0.15) is 168 Å². The molecule has 1 rings (SSSR count). The Bertz CT molecular complexity index is 851. The van der Waals surface area contributed by atoms with E-state index in [0.717, 1.165) is 24.3 Å². The normalized spacial score (nSPS) is 12.2. The van der Waals surface area contributed by atoms with Gasteiger partial charge in [0.15, 0.2) is 5.11 Å². The highest BCUT2D eigenvalue weighted by Gasteiger charge is 2.25. The van der Waals surface area contributed by atoms with Gasteiger partial charge in [0.25, 0.3) is 0 Å². The van der Waals surface area contributed by atoms with Gasteiger partial charge in [0, 0.05) is 12.1 Å². The molecule has 2 N–H and O–H groups in total. The van der Waals surface area contributed by atoms with Crippen molar-refractivity contribution in [1.82, 2.24) is 10.7 Å². The van der Waals surface area contributed by atoms with Gasteiger partial charge in [0.05, 0.1) is 13.3 Å². The summed E-state index contributed by atoms with van der Waals surface area (Å²) in [7, 11) is 1.73. The number of hydrogen-bond donors (Lipinski definition) is 2. The van der Waals surface area contributed by atoms with Crippen LogP contribution in [0.4, 0.5) is 0 Å². The number of nitrogens with zero attached hydrogens (tertiary/aromatic N) is 1. The van der Waals surface area contributed by atoms with Crippen LogP contribution >= 0.6 is 12.2 Å². The Hall–Kier alpha value is -1.62. The van der Waals surface area contributed by atoms with E-state index in [1.165, 1.54) is 107 Å². The Balaban J connectivity index is 2.22. The molecule has 1 aromatic carbocycles. The zero-order valence-corrected chi connectivity index (χ0v) is 28.3. The number of nitrogens with one attached hydrogen (secondary N) is 2. The Morgan fingerprint density at radius 2 is 1.18 bits per heavy atom. The average molecular weight is 574 g/mol. The molecule has 0 radical (unpaired) electrons. The fraction of sp³-hybridized carbons (Fsp3) is 0.771. The van der Waals surface area contributed by atoms with E-state index < -0.39 is 0 Å². The maximum atomic E-state index is 5.73. The molecule has 0 bridgehead atoms. The molecule has 1 aromatic rings. The standard InChI is InChI=1S/C35H63N3OS/c1-9-10-11-12-13-14-15-16-17-18-19-20-21-22-23-24-25-36-33(40)38-37-28-29-26-32(39-8)31(35(5,6)7)27-30(29)34(2,3)4/h26-28H,9-25H2,1-8H3,(H2,36,38,40)/b37-28-. The molecule has 230 valence electrons. The monoisotopic (exact) mass is 573 g/mol. The van der Waals surface area contributed by atoms with Gasteiger partial charge in [0.1, 0.15) is 5.75 Å². The lowest BCUT2D eigenvalue weighted by atomic mass is 9.78. The first-order chi connectivity index (χ1) is 19.0. The molecule has 0 heterocycles. The third-order valence-corrected chi connectivity index (χ3v) is 7.91. The average Bonchev–Trinajstić information content (AvgIpc) is 2.88. The van der Waals surface area contributed by atoms with Crippen LogP contribution in [0.3, 0.4) is 0 Å². The lowest BCUT2D eigenvalue weighted by molar-refractivity contribution is 0.396. The number of rotatable bonds is 20. The SMILES string of the molecule is CCCCCCCCCCCCCCCCCCNC(=S)N/N=C\c1cc(OC)c(C(C)(C)C)cc1C(C)(C)C. The second-order valence-corrected chi connectivity index (χ2v) is 14.0. The molecule has 0 saturated heterocycles. The number of hydrogen-bond acceptors (Lipinski definition) is 3. The van der Waals surface area contributed by atoms with Gasteiger partial charge in [0.2, 0.25) is 0 Å². The van der Waals surface area contributed by atoms with E-state index in [4.69, 9.17) is 17.0 Å². The Morgan fingerprint density at radius 3 is 1.60 bits per heavy atom. The second kappa shape index (κ2) is 20.3. The van der Waals surface area contributed by atoms with Crippen molar-refractivity contribution in [1.29, 1.82) is 0 Å². The Labute approximate surface area is 253 Å². The predicted molar refractivity (Wildman–Crippen MR) is 181 cm³/mol. The summed E-state index contributed by atoms with van der Waals surface area (Å²) >= 11 is 5.44.